The Kier molecular flexibility index (Phi) is 4.01. The topological polar surface area (TPSA) is 78.2 Å². The maximum Gasteiger partial charge on any atom is 0.352 e. The largest absolute Gasteiger partial charge is 0.430 e. The number of ether oxygens (including phenoxy) is 1. The third kappa shape index (κ3) is 2.78. The summed E-state index contributed by atoms with van der Waals surface area (Å²) in [6, 6.07) is 4.01. The Hall–Kier alpha value is -1.99. The van der Waals surface area contributed by atoms with Gasteiger partial charge in [-0.25, -0.2) is 9.37 Å². The molecule has 2 rings (SSSR count). The third-order valence-corrected chi connectivity index (χ3v) is 2.77. The monoisotopic (exact) mass is 317 g/mol. The van der Waals surface area contributed by atoms with Crippen LogP contribution in [0.1, 0.15) is 5.69 Å². The van der Waals surface area contributed by atoms with E-state index >= 15 is 0 Å². The van der Waals surface area contributed by atoms with E-state index in [9.17, 15) is 14.5 Å². The van der Waals surface area contributed by atoms with E-state index in [1.54, 1.807) is 0 Å². The number of aryl methyl sites for hydroxylation is 1. The molecule has 0 amide bonds. The molecule has 104 valence electrons. The van der Waals surface area contributed by atoms with Gasteiger partial charge in [-0.1, -0.05) is 17.7 Å². The number of aromatic nitrogens is 2. The quantitative estimate of drug-likeness (QED) is 0.487. The van der Waals surface area contributed by atoms with Crippen LogP contribution in [0.25, 0.3) is 0 Å². The Labute approximate surface area is 122 Å². The van der Waals surface area contributed by atoms with Gasteiger partial charge in [-0.2, -0.15) is 4.98 Å². The zero-order valence-electron chi connectivity index (χ0n) is 9.93. The van der Waals surface area contributed by atoms with Crippen LogP contribution in [0.4, 0.5) is 10.1 Å². The molecule has 1 heterocycles. The van der Waals surface area contributed by atoms with Gasteiger partial charge in [-0.3, -0.25) is 10.1 Å². The third-order valence-electron chi connectivity index (χ3n) is 2.30. The molecule has 0 aliphatic rings. The van der Waals surface area contributed by atoms with E-state index in [0.717, 1.165) is 0 Å². The van der Waals surface area contributed by atoms with Crippen molar-refractivity contribution in [2.45, 2.75) is 6.92 Å². The van der Waals surface area contributed by atoms with Crippen LogP contribution in [0.2, 0.25) is 10.3 Å². The van der Waals surface area contributed by atoms with Crippen molar-refractivity contribution in [3.8, 4) is 11.6 Å². The lowest BCUT2D eigenvalue weighted by Crippen LogP contribution is -2.02. The molecule has 0 fully saturated rings. The Balaban J connectivity index is 2.53. The Morgan fingerprint density at radius 3 is 2.70 bits per heavy atom. The van der Waals surface area contributed by atoms with Crippen molar-refractivity contribution in [1.82, 2.24) is 9.97 Å². The molecular formula is C11H6Cl2FN3O3. The molecule has 0 radical (unpaired) electrons. The molecule has 0 unspecified atom stereocenters. The van der Waals surface area contributed by atoms with Gasteiger partial charge in [0.1, 0.15) is 5.69 Å². The molecule has 1 aromatic carbocycles. The van der Waals surface area contributed by atoms with Gasteiger partial charge in [0, 0.05) is 0 Å². The van der Waals surface area contributed by atoms with Gasteiger partial charge in [0.25, 0.3) is 0 Å². The van der Waals surface area contributed by atoms with Gasteiger partial charge in [-0.15, -0.1) is 0 Å². The van der Waals surface area contributed by atoms with Crippen LogP contribution in [0.5, 0.6) is 11.6 Å². The molecule has 0 atom stereocenters. The number of halogens is 3. The molecule has 0 aliphatic carbocycles. The minimum atomic E-state index is -0.851. The fraction of sp³-hybridized carbons (Fsp3) is 0.0909. The van der Waals surface area contributed by atoms with E-state index in [4.69, 9.17) is 27.9 Å². The maximum atomic E-state index is 13.7. The molecular weight excluding hydrogens is 312 g/mol. The van der Waals surface area contributed by atoms with E-state index in [2.05, 4.69) is 9.97 Å². The fourth-order valence-corrected chi connectivity index (χ4v) is 1.83. The van der Waals surface area contributed by atoms with Gasteiger partial charge >= 0.3 is 11.6 Å². The van der Waals surface area contributed by atoms with E-state index in [1.165, 1.54) is 25.1 Å². The van der Waals surface area contributed by atoms with E-state index in [1.807, 2.05) is 0 Å². The van der Waals surface area contributed by atoms with Gasteiger partial charge in [0.15, 0.2) is 11.6 Å². The first-order valence-electron chi connectivity index (χ1n) is 5.20. The van der Waals surface area contributed by atoms with Crippen molar-refractivity contribution in [2.24, 2.45) is 0 Å². The standard InChI is InChI=1S/C11H6Cl2FN3O3/c1-5-9(17(18)19)10(16-11(13)15-5)20-7-4-2-3-6(12)8(7)14/h2-4H,1H3. The summed E-state index contributed by atoms with van der Waals surface area (Å²) in [5.41, 5.74) is -0.485. The van der Waals surface area contributed by atoms with Gasteiger partial charge in [-0.05, 0) is 30.7 Å². The SMILES string of the molecule is Cc1nc(Cl)nc(Oc2cccc(Cl)c2F)c1[N+](=O)[O-]. The van der Waals surface area contributed by atoms with Crippen molar-refractivity contribution in [3.63, 3.8) is 0 Å². The first-order chi connectivity index (χ1) is 9.40. The molecule has 20 heavy (non-hydrogen) atoms. The molecule has 9 heteroatoms. The van der Waals surface area contributed by atoms with Crippen LogP contribution in [-0.4, -0.2) is 14.9 Å². The summed E-state index contributed by atoms with van der Waals surface area (Å²) in [6.07, 6.45) is 0. The normalized spacial score (nSPS) is 10.4. The smallest absolute Gasteiger partial charge is 0.352 e. The molecule has 0 bridgehead atoms. The summed E-state index contributed by atoms with van der Waals surface area (Å²) in [5, 5.41) is 10.6. The van der Waals surface area contributed by atoms with Crippen LogP contribution in [0, 0.1) is 22.9 Å². The summed E-state index contributed by atoms with van der Waals surface area (Å²) >= 11 is 11.2. The summed E-state index contributed by atoms with van der Waals surface area (Å²) in [5.74, 6) is -1.60. The van der Waals surface area contributed by atoms with Crippen LogP contribution < -0.4 is 4.74 Å². The number of hydrogen-bond acceptors (Lipinski definition) is 5. The predicted octanol–water partition coefficient (Wildman–Crippen LogP) is 3.93. The lowest BCUT2D eigenvalue weighted by Gasteiger charge is -2.08. The van der Waals surface area contributed by atoms with E-state index in [-0.39, 0.29) is 21.7 Å². The van der Waals surface area contributed by atoms with Crippen LogP contribution in [0.3, 0.4) is 0 Å². The van der Waals surface area contributed by atoms with Crippen molar-refractivity contribution in [1.29, 1.82) is 0 Å². The van der Waals surface area contributed by atoms with Gasteiger partial charge in [0.05, 0.1) is 9.95 Å². The molecule has 6 nitrogen and oxygen atoms in total. The highest BCUT2D eigenvalue weighted by atomic mass is 35.5. The zero-order chi connectivity index (χ0) is 14.9. The highest BCUT2D eigenvalue weighted by molar-refractivity contribution is 6.30. The second-order valence-corrected chi connectivity index (χ2v) is 4.39. The van der Waals surface area contributed by atoms with E-state index < -0.39 is 22.3 Å². The Morgan fingerprint density at radius 1 is 1.35 bits per heavy atom. The minimum Gasteiger partial charge on any atom is -0.430 e. The number of benzene rings is 1. The highest BCUT2D eigenvalue weighted by Crippen LogP contribution is 2.34. The van der Waals surface area contributed by atoms with Crippen molar-refractivity contribution in [3.05, 3.63) is 50.1 Å². The second-order valence-electron chi connectivity index (χ2n) is 3.64. The molecule has 0 aliphatic heterocycles. The Morgan fingerprint density at radius 2 is 2.05 bits per heavy atom. The zero-order valence-corrected chi connectivity index (χ0v) is 11.4. The average molecular weight is 318 g/mol. The predicted molar refractivity (Wildman–Crippen MR) is 69.9 cm³/mol. The van der Waals surface area contributed by atoms with Crippen LogP contribution in [-0.2, 0) is 0 Å². The number of hydrogen-bond donors (Lipinski definition) is 0. The first kappa shape index (κ1) is 14.4. The minimum absolute atomic E-state index is 0.00689. The maximum absolute atomic E-state index is 13.7. The summed E-state index contributed by atoms with van der Waals surface area (Å²) < 4.78 is 18.8. The second kappa shape index (κ2) is 5.56. The van der Waals surface area contributed by atoms with Crippen molar-refractivity contribution in [2.75, 3.05) is 0 Å². The number of nitro groups is 1. The first-order valence-corrected chi connectivity index (χ1v) is 5.96. The molecule has 0 saturated heterocycles. The van der Waals surface area contributed by atoms with Gasteiger partial charge in [0.2, 0.25) is 5.28 Å². The van der Waals surface area contributed by atoms with Crippen molar-refractivity contribution >= 4 is 28.9 Å². The number of nitrogens with zero attached hydrogens (tertiary/aromatic N) is 3. The van der Waals surface area contributed by atoms with Gasteiger partial charge < -0.3 is 4.74 Å². The fourth-order valence-electron chi connectivity index (χ4n) is 1.46. The Bertz CT molecular complexity index is 697. The van der Waals surface area contributed by atoms with E-state index in [0.29, 0.717) is 0 Å². The van der Waals surface area contributed by atoms with Crippen LogP contribution in [0.15, 0.2) is 18.2 Å². The average Bonchev–Trinajstić information content (AvgIpc) is 2.33. The van der Waals surface area contributed by atoms with Crippen molar-refractivity contribution < 1.29 is 14.1 Å². The molecule has 0 N–H and O–H groups in total. The highest BCUT2D eigenvalue weighted by Gasteiger charge is 2.25. The lowest BCUT2D eigenvalue weighted by atomic mass is 10.3. The van der Waals surface area contributed by atoms with Crippen LogP contribution >= 0.6 is 23.2 Å². The summed E-state index contributed by atoms with van der Waals surface area (Å²) in [7, 11) is 0. The number of rotatable bonds is 3. The molecule has 0 saturated carbocycles. The summed E-state index contributed by atoms with van der Waals surface area (Å²) in [6.45, 7) is 1.37. The lowest BCUT2D eigenvalue weighted by molar-refractivity contribution is -0.386. The summed E-state index contributed by atoms with van der Waals surface area (Å²) in [4.78, 5) is 17.5. The molecule has 0 spiro atoms. The molecule has 2 aromatic rings. The molecule has 1 aromatic heterocycles.